The Balaban J connectivity index is 2.10. The number of hydrogen-bond acceptors (Lipinski definition) is 5. The molecule has 1 aliphatic rings. The first kappa shape index (κ1) is 15.9. The summed E-state index contributed by atoms with van der Waals surface area (Å²) in [5.41, 5.74) is 7.21. The molecular formula is C16H28N4O. The normalized spacial score (nSPS) is 18.5. The average Bonchev–Trinajstić information content (AvgIpc) is 2.45. The molecule has 5 nitrogen and oxygen atoms in total. The highest BCUT2D eigenvalue weighted by Gasteiger charge is 2.30. The van der Waals surface area contributed by atoms with E-state index in [2.05, 4.69) is 42.7 Å². The van der Waals surface area contributed by atoms with E-state index in [9.17, 15) is 0 Å². The van der Waals surface area contributed by atoms with Crippen molar-refractivity contribution in [3.63, 3.8) is 0 Å². The van der Waals surface area contributed by atoms with E-state index < -0.39 is 0 Å². The third kappa shape index (κ3) is 3.77. The van der Waals surface area contributed by atoms with Crippen molar-refractivity contribution in [1.29, 1.82) is 0 Å². The number of rotatable bonds is 5. The van der Waals surface area contributed by atoms with Crippen LogP contribution in [-0.2, 0) is 0 Å². The maximum absolute atomic E-state index is 6.19. The number of aromatic nitrogens is 2. The van der Waals surface area contributed by atoms with Crippen LogP contribution in [0.3, 0.4) is 0 Å². The van der Waals surface area contributed by atoms with Gasteiger partial charge in [-0.2, -0.15) is 4.98 Å². The fourth-order valence-corrected chi connectivity index (χ4v) is 2.91. The van der Waals surface area contributed by atoms with Crippen molar-refractivity contribution in [2.45, 2.75) is 58.9 Å². The van der Waals surface area contributed by atoms with Crippen molar-refractivity contribution < 1.29 is 4.74 Å². The number of anilines is 2. The highest BCUT2D eigenvalue weighted by atomic mass is 16.5. The summed E-state index contributed by atoms with van der Waals surface area (Å²) in [6.07, 6.45) is 7.32. The van der Waals surface area contributed by atoms with Gasteiger partial charge >= 0.3 is 0 Å². The van der Waals surface area contributed by atoms with Gasteiger partial charge in [0.1, 0.15) is 12.0 Å². The maximum Gasteiger partial charge on any atom is 0.242 e. The zero-order chi connectivity index (χ0) is 15.5. The van der Waals surface area contributed by atoms with Crippen molar-refractivity contribution in [3.8, 4) is 5.88 Å². The summed E-state index contributed by atoms with van der Waals surface area (Å²) in [7, 11) is 2.07. The molecular weight excluding hydrogens is 264 g/mol. The fourth-order valence-electron chi connectivity index (χ4n) is 2.91. The summed E-state index contributed by atoms with van der Waals surface area (Å²) >= 11 is 0. The minimum Gasteiger partial charge on any atom is -0.476 e. The molecule has 0 atom stereocenters. The Kier molecular flexibility index (Phi) is 4.91. The van der Waals surface area contributed by atoms with Crippen LogP contribution in [0, 0.1) is 5.41 Å². The summed E-state index contributed by atoms with van der Waals surface area (Å²) in [4.78, 5) is 10.7. The topological polar surface area (TPSA) is 64.3 Å². The van der Waals surface area contributed by atoms with Crippen molar-refractivity contribution in [1.82, 2.24) is 9.97 Å². The lowest BCUT2D eigenvalue weighted by atomic mass is 9.75. The standard InChI is InChI=1S/C16H28N4O/c1-5-10-21-15-13(17)14(18-11-19-15)20(4)12-6-8-16(2,3)9-7-12/h11-12H,5-10,17H2,1-4H3. The van der Waals surface area contributed by atoms with E-state index >= 15 is 0 Å². The molecule has 1 aromatic rings. The Morgan fingerprint density at radius 3 is 2.62 bits per heavy atom. The van der Waals surface area contributed by atoms with Crippen LogP contribution in [0.2, 0.25) is 0 Å². The van der Waals surface area contributed by atoms with Gasteiger partial charge < -0.3 is 15.4 Å². The number of ether oxygens (including phenoxy) is 1. The lowest BCUT2D eigenvalue weighted by molar-refractivity contribution is 0.222. The largest absolute Gasteiger partial charge is 0.476 e. The maximum atomic E-state index is 6.19. The minimum absolute atomic E-state index is 0.462. The number of hydrogen-bond donors (Lipinski definition) is 1. The zero-order valence-electron chi connectivity index (χ0n) is 13.7. The molecule has 2 rings (SSSR count). The van der Waals surface area contributed by atoms with Crippen molar-refractivity contribution in [2.75, 3.05) is 24.3 Å². The molecule has 1 aliphatic carbocycles. The van der Waals surface area contributed by atoms with E-state index in [0.29, 0.717) is 29.6 Å². The van der Waals surface area contributed by atoms with Gasteiger partial charge in [-0.3, -0.25) is 0 Å². The van der Waals surface area contributed by atoms with Crippen LogP contribution in [0.4, 0.5) is 11.5 Å². The number of nitrogens with two attached hydrogens (primary N) is 1. The molecule has 1 fully saturated rings. The van der Waals surface area contributed by atoms with Gasteiger partial charge in [0.2, 0.25) is 5.88 Å². The van der Waals surface area contributed by atoms with Crippen LogP contribution in [0.15, 0.2) is 6.33 Å². The van der Waals surface area contributed by atoms with E-state index in [0.717, 1.165) is 12.2 Å². The van der Waals surface area contributed by atoms with Crippen LogP contribution in [0.5, 0.6) is 5.88 Å². The van der Waals surface area contributed by atoms with Gasteiger partial charge in [0.15, 0.2) is 5.82 Å². The second-order valence-corrected chi connectivity index (χ2v) is 6.77. The molecule has 0 amide bonds. The molecule has 118 valence electrons. The molecule has 0 unspecified atom stereocenters. The molecule has 0 bridgehead atoms. The third-order valence-corrected chi connectivity index (χ3v) is 4.46. The highest BCUT2D eigenvalue weighted by molar-refractivity contribution is 5.67. The molecule has 1 saturated carbocycles. The van der Waals surface area contributed by atoms with Crippen LogP contribution in [-0.4, -0.2) is 29.7 Å². The number of nitrogens with zero attached hydrogens (tertiary/aromatic N) is 3. The summed E-state index contributed by atoms with van der Waals surface area (Å²) in [6.45, 7) is 7.38. The third-order valence-electron chi connectivity index (χ3n) is 4.46. The average molecular weight is 292 g/mol. The lowest BCUT2D eigenvalue weighted by Gasteiger charge is -2.39. The molecule has 0 aliphatic heterocycles. The van der Waals surface area contributed by atoms with Gasteiger partial charge in [-0.1, -0.05) is 20.8 Å². The summed E-state index contributed by atoms with van der Waals surface area (Å²) in [5, 5.41) is 0. The Morgan fingerprint density at radius 2 is 2.00 bits per heavy atom. The van der Waals surface area contributed by atoms with Crippen molar-refractivity contribution in [3.05, 3.63) is 6.33 Å². The van der Waals surface area contributed by atoms with Crippen LogP contribution in [0.25, 0.3) is 0 Å². The van der Waals surface area contributed by atoms with Gasteiger partial charge in [-0.05, 0) is 37.5 Å². The molecule has 0 radical (unpaired) electrons. The molecule has 1 heterocycles. The summed E-state index contributed by atoms with van der Waals surface area (Å²) in [5.74, 6) is 1.30. The molecule has 0 spiro atoms. The second-order valence-electron chi connectivity index (χ2n) is 6.77. The molecule has 2 N–H and O–H groups in total. The van der Waals surface area contributed by atoms with E-state index in [-0.39, 0.29) is 0 Å². The predicted octanol–water partition coefficient (Wildman–Crippen LogP) is 3.25. The second kappa shape index (κ2) is 6.50. The first-order chi connectivity index (χ1) is 9.94. The van der Waals surface area contributed by atoms with Crippen LogP contribution >= 0.6 is 0 Å². The Labute approximate surface area is 127 Å². The van der Waals surface area contributed by atoms with Crippen molar-refractivity contribution in [2.24, 2.45) is 5.41 Å². The zero-order valence-corrected chi connectivity index (χ0v) is 13.7. The molecule has 5 heteroatoms. The predicted molar refractivity (Wildman–Crippen MR) is 86.7 cm³/mol. The lowest BCUT2D eigenvalue weighted by Crippen LogP contribution is -2.38. The van der Waals surface area contributed by atoms with E-state index in [1.807, 2.05) is 0 Å². The molecule has 21 heavy (non-hydrogen) atoms. The van der Waals surface area contributed by atoms with Crippen molar-refractivity contribution >= 4 is 11.5 Å². The van der Waals surface area contributed by atoms with Crippen LogP contribution < -0.4 is 15.4 Å². The van der Waals surface area contributed by atoms with E-state index in [1.165, 1.54) is 25.7 Å². The first-order valence-corrected chi connectivity index (χ1v) is 7.90. The van der Waals surface area contributed by atoms with E-state index in [1.54, 1.807) is 6.33 Å². The minimum atomic E-state index is 0.462. The molecule has 0 aromatic carbocycles. The highest BCUT2D eigenvalue weighted by Crippen LogP contribution is 2.38. The Hall–Kier alpha value is -1.52. The first-order valence-electron chi connectivity index (χ1n) is 7.90. The summed E-state index contributed by atoms with van der Waals surface area (Å²) in [6, 6.07) is 0.495. The smallest absolute Gasteiger partial charge is 0.242 e. The van der Waals surface area contributed by atoms with E-state index in [4.69, 9.17) is 10.5 Å². The van der Waals surface area contributed by atoms with Gasteiger partial charge in [-0.15, -0.1) is 0 Å². The quantitative estimate of drug-likeness (QED) is 0.902. The van der Waals surface area contributed by atoms with Gasteiger partial charge in [0.25, 0.3) is 0 Å². The summed E-state index contributed by atoms with van der Waals surface area (Å²) < 4.78 is 5.59. The number of nitrogen functional groups attached to an aromatic ring is 1. The van der Waals surface area contributed by atoms with Crippen LogP contribution in [0.1, 0.15) is 52.9 Å². The Bertz CT molecular complexity index is 465. The van der Waals surface area contributed by atoms with Gasteiger partial charge in [0.05, 0.1) is 6.61 Å². The monoisotopic (exact) mass is 292 g/mol. The van der Waals surface area contributed by atoms with Gasteiger partial charge in [-0.25, -0.2) is 4.98 Å². The molecule has 1 aromatic heterocycles. The molecule has 0 saturated heterocycles. The fraction of sp³-hybridized carbons (Fsp3) is 0.750. The Morgan fingerprint density at radius 1 is 1.33 bits per heavy atom. The van der Waals surface area contributed by atoms with Gasteiger partial charge in [0, 0.05) is 13.1 Å². The SMILES string of the molecule is CCCOc1ncnc(N(C)C2CCC(C)(C)CC2)c1N.